The Hall–Kier alpha value is -3.47. The molecule has 0 aliphatic carbocycles. The zero-order chi connectivity index (χ0) is 25.2. The summed E-state index contributed by atoms with van der Waals surface area (Å²) in [7, 11) is 0. The average Bonchev–Trinajstić information content (AvgIpc) is 2.85. The first-order valence-electron chi connectivity index (χ1n) is 10.8. The van der Waals surface area contributed by atoms with Crippen LogP contribution in [0.4, 0.5) is 0 Å². The number of rotatable bonds is 16. The lowest BCUT2D eigenvalue weighted by atomic mass is 10.2. The normalized spacial score (nSPS) is 11.1. The van der Waals surface area contributed by atoms with E-state index in [1.54, 1.807) is 24.3 Å². The fraction of sp³-hybridized carbons (Fsp3) is 0.522. The second-order valence-electron chi connectivity index (χ2n) is 7.02. The molecule has 0 saturated heterocycles. The van der Waals surface area contributed by atoms with Gasteiger partial charge < -0.3 is 28.8 Å². The first-order valence-corrected chi connectivity index (χ1v) is 10.8. The monoisotopic (exact) mass is 482 g/mol. The van der Waals surface area contributed by atoms with E-state index >= 15 is 0 Å². The van der Waals surface area contributed by atoms with E-state index in [4.69, 9.17) is 19.3 Å². The van der Waals surface area contributed by atoms with Gasteiger partial charge in [0.15, 0.2) is 19.3 Å². The van der Waals surface area contributed by atoms with Gasteiger partial charge in [0.05, 0.1) is 6.61 Å². The van der Waals surface area contributed by atoms with Gasteiger partial charge in [-0.25, -0.2) is 19.2 Å². The van der Waals surface area contributed by atoms with Crippen molar-refractivity contribution in [3.8, 4) is 0 Å². The van der Waals surface area contributed by atoms with Crippen molar-refractivity contribution in [1.82, 2.24) is 0 Å². The Labute approximate surface area is 197 Å². The van der Waals surface area contributed by atoms with E-state index in [0.29, 0.717) is 6.42 Å². The van der Waals surface area contributed by atoms with Crippen molar-refractivity contribution in [3.63, 3.8) is 0 Å². The average molecular weight is 482 g/mol. The largest absolute Gasteiger partial charge is 0.463 e. The van der Waals surface area contributed by atoms with Gasteiger partial charge in [0.2, 0.25) is 0 Å². The van der Waals surface area contributed by atoms with Gasteiger partial charge in [0.25, 0.3) is 0 Å². The molecule has 1 atom stereocenters. The van der Waals surface area contributed by atoms with Crippen molar-refractivity contribution in [3.05, 3.63) is 35.9 Å². The summed E-state index contributed by atoms with van der Waals surface area (Å²) in [5.41, 5.74) is 0.792. The van der Waals surface area contributed by atoms with Crippen LogP contribution in [0, 0.1) is 0 Å². The van der Waals surface area contributed by atoms with Crippen molar-refractivity contribution in [2.24, 2.45) is 0 Å². The van der Waals surface area contributed by atoms with E-state index < -0.39 is 55.8 Å². The number of unbranched alkanes of at least 4 members (excludes halogenated alkanes) is 2. The highest BCUT2D eigenvalue weighted by Gasteiger charge is 2.26. The van der Waals surface area contributed by atoms with Gasteiger partial charge in [0.1, 0.15) is 13.2 Å². The van der Waals surface area contributed by atoms with Gasteiger partial charge in [-0.2, -0.15) is 0 Å². The molecule has 0 aliphatic heterocycles. The molecule has 0 saturated carbocycles. The van der Waals surface area contributed by atoms with Crippen molar-refractivity contribution in [2.75, 3.05) is 26.4 Å². The van der Waals surface area contributed by atoms with Crippen LogP contribution < -0.4 is 0 Å². The Bertz CT molecular complexity index is 791. The molecule has 1 N–H and O–H groups in total. The molecule has 0 bridgehead atoms. The highest BCUT2D eigenvalue weighted by Crippen LogP contribution is 2.10. The van der Waals surface area contributed by atoms with Gasteiger partial charge in [-0.05, 0) is 12.0 Å². The Morgan fingerprint density at radius 3 is 2.18 bits per heavy atom. The molecule has 1 aromatic carbocycles. The molecule has 0 aromatic heterocycles. The molecule has 0 heterocycles. The van der Waals surface area contributed by atoms with E-state index in [9.17, 15) is 24.0 Å². The van der Waals surface area contributed by atoms with Crippen molar-refractivity contribution < 1.29 is 52.8 Å². The standard InChI is InChI=1S/C23H30O11/c1-2-3-7-12-30-23(29)18(10-11-19(25)31-14-17-8-5-4-6-9-17)34-22(28)16-33-21(27)15-32-20(26)13-24/h4-6,8-9,18,24H,2-3,7,10-16H2,1H3. The second kappa shape index (κ2) is 17.1. The smallest absolute Gasteiger partial charge is 0.347 e. The van der Waals surface area contributed by atoms with Gasteiger partial charge >= 0.3 is 29.8 Å². The molecule has 1 aromatic rings. The van der Waals surface area contributed by atoms with E-state index in [-0.39, 0.29) is 26.1 Å². The lowest BCUT2D eigenvalue weighted by Gasteiger charge is -2.17. The molecule has 11 nitrogen and oxygen atoms in total. The number of carbonyl (C=O) groups is 5. The number of carbonyl (C=O) groups excluding carboxylic acids is 5. The van der Waals surface area contributed by atoms with E-state index in [0.717, 1.165) is 18.4 Å². The van der Waals surface area contributed by atoms with E-state index in [2.05, 4.69) is 9.47 Å². The van der Waals surface area contributed by atoms with Crippen LogP contribution in [0.15, 0.2) is 30.3 Å². The van der Waals surface area contributed by atoms with Gasteiger partial charge in [-0.1, -0.05) is 50.1 Å². The lowest BCUT2D eigenvalue weighted by Crippen LogP contribution is -2.32. The predicted octanol–water partition coefficient (Wildman–Crippen LogP) is 1.23. The quantitative estimate of drug-likeness (QED) is 0.206. The number of aliphatic hydroxyl groups excluding tert-OH is 1. The van der Waals surface area contributed by atoms with Crippen LogP contribution in [0.25, 0.3) is 0 Å². The molecule has 0 spiro atoms. The number of benzene rings is 1. The summed E-state index contributed by atoms with van der Waals surface area (Å²) >= 11 is 0. The van der Waals surface area contributed by atoms with Crippen LogP contribution in [0.2, 0.25) is 0 Å². The molecule has 0 aliphatic rings. The van der Waals surface area contributed by atoms with E-state index in [1.807, 2.05) is 13.0 Å². The predicted molar refractivity (Wildman–Crippen MR) is 115 cm³/mol. The zero-order valence-corrected chi connectivity index (χ0v) is 19.1. The van der Waals surface area contributed by atoms with Gasteiger partial charge in [0, 0.05) is 12.8 Å². The Morgan fingerprint density at radius 2 is 1.50 bits per heavy atom. The molecule has 0 radical (unpaired) electrons. The van der Waals surface area contributed by atoms with Crippen molar-refractivity contribution in [2.45, 2.75) is 51.7 Å². The molecule has 0 fully saturated rings. The van der Waals surface area contributed by atoms with Gasteiger partial charge in [-0.3, -0.25) is 4.79 Å². The van der Waals surface area contributed by atoms with Crippen LogP contribution in [0.3, 0.4) is 0 Å². The molecule has 11 heteroatoms. The van der Waals surface area contributed by atoms with Crippen LogP contribution >= 0.6 is 0 Å². The summed E-state index contributed by atoms with van der Waals surface area (Å²) in [4.78, 5) is 58.7. The molecule has 188 valence electrons. The molecule has 0 amide bonds. The summed E-state index contributed by atoms with van der Waals surface area (Å²) in [6, 6.07) is 9.01. The first kappa shape index (κ1) is 28.6. The molecule has 34 heavy (non-hydrogen) atoms. The number of aliphatic hydroxyl groups is 1. The molecule has 1 rings (SSSR count). The fourth-order valence-corrected chi connectivity index (χ4v) is 2.46. The van der Waals surface area contributed by atoms with E-state index in [1.165, 1.54) is 0 Å². The summed E-state index contributed by atoms with van der Waals surface area (Å²) in [6.45, 7) is -0.395. The third-order valence-electron chi connectivity index (χ3n) is 4.21. The van der Waals surface area contributed by atoms with Crippen LogP contribution in [-0.4, -0.2) is 67.5 Å². The lowest BCUT2D eigenvalue weighted by molar-refractivity contribution is -0.175. The number of hydrogen-bond donors (Lipinski definition) is 1. The molecular formula is C23H30O11. The zero-order valence-electron chi connectivity index (χ0n) is 19.1. The number of ether oxygens (including phenoxy) is 5. The minimum Gasteiger partial charge on any atom is -0.463 e. The third-order valence-corrected chi connectivity index (χ3v) is 4.21. The molecule has 1 unspecified atom stereocenters. The second-order valence-corrected chi connectivity index (χ2v) is 7.02. The van der Waals surface area contributed by atoms with Crippen LogP contribution in [0.1, 0.15) is 44.6 Å². The number of esters is 5. The van der Waals surface area contributed by atoms with Crippen LogP contribution in [-0.2, 0) is 54.3 Å². The summed E-state index contributed by atoms with van der Waals surface area (Å²) < 4.78 is 24.2. The highest BCUT2D eigenvalue weighted by atomic mass is 16.6. The Kier molecular flexibility index (Phi) is 14.3. The SMILES string of the molecule is CCCCCOC(=O)C(CCC(=O)OCc1ccccc1)OC(=O)COC(=O)COC(=O)CO. The Morgan fingerprint density at radius 1 is 0.824 bits per heavy atom. The minimum absolute atomic E-state index is 0.0579. The van der Waals surface area contributed by atoms with Gasteiger partial charge in [-0.15, -0.1) is 0 Å². The molecular weight excluding hydrogens is 452 g/mol. The third kappa shape index (κ3) is 13.2. The first-order chi connectivity index (χ1) is 16.3. The maximum Gasteiger partial charge on any atom is 0.347 e. The summed E-state index contributed by atoms with van der Waals surface area (Å²) in [6.07, 6.45) is 0.596. The highest BCUT2D eigenvalue weighted by molar-refractivity contribution is 5.82. The maximum atomic E-state index is 12.3. The maximum absolute atomic E-state index is 12.3. The number of hydrogen-bond acceptors (Lipinski definition) is 11. The minimum atomic E-state index is -1.40. The van der Waals surface area contributed by atoms with Crippen LogP contribution in [0.5, 0.6) is 0 Å². The van der Waals surface area contributed by atoms with Crippen molar-refractivity contribution in [1.29, 1.82) is 0 Å². The fourth-order valence-electron chi connectivity index (χ4n) is 2.46. The Balaban J connectivity index is 2.53. The topological polar surface area (TPSA) is 152 Å². The summed E-state index contributed by atoms with van der Waals surface area (Å²) in [5.74, 6) is -4.58. The van der Waals surface area contributed by atoms with Crippen molar-refractivity contribution >= 4 is 29.8 Å². The summed E-state index contributed by atoms with van der Waals surface area (Å²) in [5, 5.41) is 8.51.